The quantitative estimate of drug-likeness (QED) is 0.527. The van der Waals surface area contributed by atoms with Crippen LogP contribution in [0.1, 0.15) is 16.2 Å². The molecule has 0 fully saturated rings. The van der Waals surface area contributed by atoms with Gasteiger partial charge in [-0.1, -0.05) is 11.6 Å². The third kappa shape index (κ3) is 6.18. The first-order valence-corrected chi connectivity index (χ1v) is 11.4. The van der Waals surface area contributed by atoms with Gasteiger partial charge in [0.1, 0.15) is 6.33 Å². The van der Waals surface area contributed by atoms with Crippen molar-refractivity contribution in [3.8, 4) is 5.82 Å². The van der Waals surface area contributed by atoms with Gasteiger partial charge in [-0.2, -0.15) is 23.0 Å². The van der Waals surface area contributed by atoms with Crippen LogP contribution < -0.4 is 5.32 Å². The summed E-state index contributed by atoms with van der Waals surface area (Å²) in [5.41, 5.74) is -4.39. The number of amides is 1. The number of hydrogen-bond acceptors (Lipinski definition) is 7. The van der Waals surface area contributed by atoms with Gasteiger partial charge in [0.2, 0.25) is 0 Å². The van der Waals surface area contributed by atoms with Crippen molar-refractivity contribution in [3.63, 3.8) is 0 Å². The fourth-order valence-electron chi connectivity index (χ4n) is 2.44. The summed E-state index contributed by atoms with van der Waals surface area (Å²) in [6, 6.07) is 6.32. The molecule has 14 heteroatoms. The van der Waals surface area contributed by atoms with Gasteiger partial charge in [0.25, 0.3) is 5.91 Å². The Kier molecular flexibility index (Phi) is 6.57. The van der Waals surface area contributed by atoms with Crippen molar-refractivity contribution in [3.05, 3.63) is 59.3 Å². The van der Waals surface area contributed by atoms with Crippen LogP contribution in [0.25, 0.3) is 5.82 Å². The topological polar surface area (TPSA) is 107 Å². The van der Waals surface area contributed by atoms with E-state index in [1.807, 2.05) is 0 Å². The standard InChI is InChI=1S/C17H13ClF3N5O3S2/c1-31(28,29)13-5-10(4-11(18)6-13)16(27)23-8-15-24-9-25-26(15)14-3-2-12(7-22-14)30-17(19,20)21/h2-7,9H,8H2,1H3,(H,23,27). The van der Waals surface area contributed by atoms with E-state index in [-0.39, 0.29) is 50.3 Å². The normalized spacial score (nSPS) is 12.0. The van der Waals surface area contributed by atoms with Crippen molar-refractivity contribution in [1.82, 2.24) is 25.1 Å². The summed E-state index contributed by atoms with van der Waals surface area (Å²) in [6.07, 6.45) is 3.24. The first kappa shape index (κ1) is 23.0. The monoisotopic (exact) mass is 491 g/mol. The molecule has 2 heterocycles. The number of nitrogens with zero attached hydrogens (tertiary/aromatic N) is 4. The molecule has 0 saturated heterocycles. The molecule has 0 bridgehead atoms. The van der Waals surface area contributed by atoms with Crippen molar-refractivity contribution in [2.24, 2.45) is 0 Å². The lowest BCUT2D eigenvalue weighted by atomic mass is 10.2. The summed E-state index contributed by atoms with van der Waals surface area (Å²) >= 11 is 5.61. The Labute approximate surface area is 183 Å². The molecule has 0 aliphatic rings. The molecule has 2 aromatic heterocycles. The molecule has 0 radical (unpaired) electrons. The molecule has 1 aromatic carbocycles. The fourth-order valence-corrected chi connectivity index (χ4v) is 3.93. The molecule has 8 nitrogen and oxygen atoms in total. The van der Waals surface area contributed by atoms with Gasteiger partial charge in [0, 0.05) is 27.9 Å². The van der Waals surface area contributed by atoms with Gasteiger partial charge in [-0.25, -0.2) is 18.4 Å². The highest BCUT2D eigenvalue weighted by Crippen LogP contribution is 2.36. The van der Waals surface area contributed by atoms with Gasteiger partial charge in [-0.05, 0) is 42.1 Å². The van der Waals surface area contributed by atoms with E-state index in [2.05, 4.69) is 20.4 Å². The molecule has 1 N–H and O–H groups in total. The van der Waals surface area contributed by atoms with Crippen LogP contribution in [0.3, 0.4) is 0 Å². The second kappa shape index (κ2) is 8.85. The average molecular weight is 492 g/mol. The van der Waals surface area contributed by atoms with Crippen LogP contribution in [-0.2, 0) is 16.4 Å². The van der Waals surface area contributed by atoms with E-state index in [1.54, 1.807) is 0 Å². The minimum atomic E-state index is -4.43. The lowest BCUT2D eigenvalue weighted by Gasteiger charge is -2.09. The number of aromatic nitrogens is 4. The molecule has 1 amide bonds. The molecule has 31 heavy (non-hydrogen) atoms. The zero-order valence-corrected chi connectivity index (χ0v) is 18.0. The second-order valence-electron chi connectivity index (χ2n) is 6.12. The first-order valence-electron chi connectivity index (χ1n) is 8.32. The zero-order chi connectivity index (χ0) is 22.8. The van der Waals surface area contributed by atoms with E-state index >= 15 is 0 Å². The Hall–Kier alpha value is -2.64. The number of rotatable bonds is 6. The highest BCUT2D eigenvalue weighted by molar-refractivity contribution is 8.00. The molecule has 0 aliphatic heterocycles. The predicted molar refractivity (Wildman–Crippen MR) is 107 cm³/mol. The van der Waals surface area contributed by atoms with E-state index in [4.69, 9.17) is 11.6 Å². The van der Waals surface area contributed by atoms with Crippen LogP contribution in [-0.4, -0.2) is 45.8 Å². The summed E-state index contributed by atoms with van der Waals surface area (Å²) in [5, 5.41) is 6.61. The van der Waals surface area contributed by atoms with Crippen molar-refractivity contribution in [2.45, 2.75) is 21.8 Å². The molecule has 164 valence electrons. The van der Waals surface area contributed by atoms with Gasteiger partial charge >= 0.3 is 5.51 Å². The van der Waals surface area contributed by atoms with Crippen LogP contribution in [0.15, 0.2) is 52.6 Å². The number of halogens is 4. The minimum Gasteiger partial charge on any atom is -0.345 e. The van der Waals surface area contributed by atoms with Gasteiger partial charge in [-0.3, -0.25) is 4.79 Å². The number of hydrogen-bond donors (Lipinski definition) is 1. The minimum absolute atomic E-state index is 0.0330. The smallest absolute Gasteiger partial charge is 0.345 e. The summed E-state index contributed by atoms with van der Waals surface area (Å²) < 4.78 is 62.0. The van der Waals surface area contributed by atoms with Crippen molar-refractivity contribution >= 4 is 39.1 Å². The fraction of sp³-hybridized carbons (Fsp3) is 0.176. The van der Waals surface area contributed by atoms with E-state index in [0.29, 0.717) is 0 Å². The summed E-state index contributed by atoms with van der Waals surface area (Å²) in [7, 11) is -3.57. The number of alkyl halides is 3. The van der Waals surface area contributed by atoms with Crippen molar-refractivity contribution < 1.29 is 26.4 Å². The average Bonchev–Trinajstić information content (AvgIpc) is 3.13. The Bertz CT molecular complexity index is 1210. The Morgan fingerprint density at radius 1 is 1.23 bits per heavy atom. The lowest BCUT2D eigenvalue weighted by Crippen LogP contribution is -2.25. The van der Waals surface area contributed by atoms with Gasteiger partial charge < -0.3 is 5.32 Å². The molecule has 0 spiro atoms. The van der Waals surface area contributed by atoms with Crippen LogP contribution in [0.5, 0.6) is 0 Å². The third-order valence-electron chi connectivity index (χ3n) is 3.76. The summed E-state index contributed by atoms with van der Waals surface area (Å²) in [4.78, 5) is 20.2. The Balaban J connectivity index is 1.74. The van der Waals surface area contributed by atoms with Gasteiger partial charge in [-0.15, -0.1) is 0 Å². The van der Waals surface area contributed by atoms with Crippen molar-refractivity contribution in [2.75, 3.05) is 6.26 Å². The zero-order valence-electron chi connectivity index (χ0n) is 15.6. The largest absolute Gasteiger partial charge is 0.446 e. The van der Waals surface area contributed by atoms with E-state index in [0.717, 1.165) is 12.5 Å². The number of pyridine rings is 1. The Morgan fingerprint density at radius 3 is 2.58 bits per heavy atom. The number of carbonyl (C=O) groups excluding carboxylic acids is 1. The van der Waals surface area contributed by atoms with E-state index < -0.39 is 21.3 Å². The van der Waals surface area contributed by atoms with Crippen LogP contribution >= 0.6 is 23.4 Å². The Morgan fingerprint density at radius 2 is 1.97 bits per heavy atom. The lowest BCUT2D eigenvalue weighted by molar-refractivity contribution is -0.0328. The molecular weight excluding hydrogens is 479 g/mol. The third-order valence-corrected chi connectivity index (χ3v) is 5.78. The predicted octanol–water partition coefficient (Wildman–Crippen LogP) is 3.26. The molecule has 0 unspecified atom stereocenters. The maximum Gasteiger partial charge on any atom is 0.446 e. The van der Waals surface area contributed by atoms with E-state index in [1.165, 1.54) is 41.3 Å². The van der Waals surface area contributed by atoms with Gasteiger partial charge in [0.05, 0.1) is 11.4 Å². The second-order valence-corrected chi connectivity index (χ2v) is 9.71. The summed E-state index contributed by atoms with van der Waals surface area (Å²) in [6.45, 7) is -0.111. The molecule has 3 rings (SSSR count). The maximum absolute atomic E-state index is 12.4. The first-order chi connectivity index (χ1) is 14.4. The molecule has 0 atom stereocenters. The SMILES string of the molecule is CS(=O)(=O)c1cc(Cl)cc(C(=O)NCc2ncnn2-c2ccc(SC(F)(F)F)cn2)c1. The van der Waals surface area contributed by atoms with Crippen LogP contribution in [0.4, 0.5) is 13.2 Å². The maximum atomic E-state index is 12.4. The number of carbonyl (C=O) groups is 1. The number of sulfone groups is 1. The molecule has 3 aromatic rings. The molecule has 0 aliphatic carbocycles. The number of thioether (sulfide) groups is 1. The van der Waals surface area contributed by atoms with Gasteiger partial charge in [0.15, 0.2) is 21.5 Å². The van der Waals surface area contributed by atoms with E-state index in [9.17, 15) is 26.4 Å². The highest BCUT2D eigenvalue weighted by atomic mass is 35.5. The number of nitrogens with one attached hydrogen (secondary N) is 1. The number of benzene rings is 1. The molecule has 0 saturated carbocycles. The van der Waals surface area contributed by atoms with Crippen LogP contribution in [0, 0.1) is 0 Å². The molecular formula is C17H13ClF3N5O3S2. The van der Waals surface area contributed by atoms with Crippen LogP contribution in [0.2, 0.25) is 5.02 Å². The van der Waals surface area contributed by atoms with Crippen molar-refractivity contribution in [1.29, 1.82) is 0 Å². The summed E-state index contributed by atoms with van der Waals surface area (Å²) in [5.74, 6) is -0.148. The highest BCUT2D eigenvalue weighted by Gasteiger charge is 2.29.